The molecule has 1 aliphatic heterocycles. The molecule has 0 spiro atoms. The van der Waals surface area contributed by atoms with Crippen LogP contribution >= 0.6 is 11.3 Å². The van der Waals surface area contributed by atoms with Gasteiger partial charge in [-0.15, -0.1) is 10.2 Å². The van der Waals surface area contributed by atoms with E-state index >= 15 is 0 Å². The third-order valence-electron chi connectivity index (χ3n) is 5.39. The van der Waals surface area contributed by atoms with Crippen LogP contribution in [0.4, 0.5) is 9.52 Å². The van der Waals surface area contributed by atoms with E-state index in [2.05, 4.69) is 45.1 Å². The molecule has 0 amide bonds. The van der Waals surface area contributed by atoms with Crippen LogP contribution < -0.4 is 10.6 Å². The maximum Gasteiger partial charge on any atom is 0.206 e. The van der Waals surface area contributed by atoms with Crippen LogP contribution in [-0.4, -0.2) is 29.3 Å². The molecule has 142 valence electrons. The van der Waals surface area contributed by atoms with Crippen molar-refractivity contribution in [3.63, 3.8) is 0 Å². The highest BCUT2D eigenvalue weighted by Gasteiger charge is 2.20. The van der Waals surface area contributed by atoms with E-state index in [1.54, 1.807) is 17.4 Å². The molecule has 1 fully saturated rings. The average molecular weight is 393 g/mol. The van der Waals surface area contributed by atoms with Gasteiger partial charge in [0, 0.05) is 23.7 Å². The lowest BCUT2D eigenvalue weighted by molar-refractivity contribution is 0.479. The summed E-state index contributed by atoms with van der Waals surface area (Å²) in [7, 11) is 0. The number of benzene rings is 2. The van der Waals surface area contributed by atoms with Crippen molar-refractivity contribution in [3.8, 4) is 10.6 Å². The number of allylic oxidation sites excluding steroid dienone is 1. The van der Waals surface area contributed by atoms with Gasteiger partial charge in [-0.05, 0) is 54.6 Å². The van der Waals surface area contributed by atoms with Crippen LogP contribution in [0.2, 0.25) is 0 Å². The Morgan fingerprint density at radius 2 is 2.04 bits per heavy atom. The van der Waals surface area contributed by atoms with Gasteiger partial charge in [0.05, 0.1) is 0 Å². The fraction of sp³-hybridized carbons (Fsp3) is 0.273. The Bertz CT molecular complexity index is 1040. The zero-order chi connectivity index (χ0) is 18.9. The molecule has 28 heavy (non-hydrogen) atoms. The Morgan fingerprint density at radius 1 is 1.11 bits per heavy atom. The van der Waals surface area contributed by atoms with E-state index in [1.165, 1.54) is 18.1 Å². The van der Waals surface area contributed by atoms with E-state index < -0.39 is 0 Å². The highest BCUT2D eigenvalue weighted by Crippen LogP contribution is 2.37. The summed E-state index contributed by atoms with van der Waals surface area (Å²) in [6.07, 6.45) is 5.27. The number of aromatic nitrogens is 2. The highest BCUT2D eigenvalue weighted by atomic mass is 32.1. The minimum atomic E-state index is -0.185. The molecule has 1 atom stereocenters. The first-order valence-corrected chi connectivity index (χ1v) is 10.5. The van der Waals surface area contributed by atoms with Crippen molar-refractivity contribution in [2.45, 2.75) is 25.3 Å². The van der Waals surface area contributed by atoms with Crippen LogP contribution in [0.15, 0.2) is 48.5 Å². The number of halogens is 1. The normalized spacial score (nSPS) is 18.6. The van der Waals surface area contributed by atoms with E-state index in [0.717, 1.165) is 52.8 Å². The fourth-order valence-corrected chi connectivity index (χ4v) is 4.76. The molecule has 1 saturated heterocycles. The summed E-state index contributed by atoms with van der Waals surface area (Å²) in [5, 5.41) is 17.3. The summed E-state index contributed by atoms with van der Waals surface area (Å²) in [4.78, 5) is 0. The molecule has 5 rings (SSSR count). The lowest BCUT2D eigenvalue weighted by Gasteiger charge is -2.23. The summed E-state index contributed by atoms with van der Waals surface area (Å²) in [6, 6.07) is 13.7. The van der Waals surface area contributed by atoms with Crippen LogP contribution in [0.25, 0.3) is 16.1 Å². The lowest BCUT2D eigenvalue weighted by atomic mass is 9.97. The largest absolute Gasteiger partial charge is 0.356 e. The van der Waals surface area contributed by atoms with E-state index in [0.29, 0.717) is 11.6 Å². The van der Waals surface area contributed by atoms with Gasteiger partial charge in [-0.1, -0.05) is 47.7 Å². The summed E-state index contributed by atoms with van der Waals surface area (Å²) >= 11 is 1.57. The van der Waals surface area contributed by atoms with Gasteiger partial charge >= 0.3 is 0 Å². The molecular formula is C22H21FN4S. The second kappa shape index (κ2) is 7.45. The molecule has 0 unspecified atom stereocenters. The predicted octanol–water partition coefficient (Wildman–Crippen LogP) is 4.50. The Balaban J connectivity index is 1.42. The van der Waals surface area contributed by atoms with E-state index in [4.69, 9.17) is 0 Å². The number of hydrogen-bond acceptors (Lipinski definition) is 5. The molecule has 6 heteroatoms. The highest BCUT2D eigenvalue weighted by molar-refractivity contribution is 7.18. The van der Waals surface area contributed by atoms with Crippen molar-refractivity contribution >= 4 is 22.0 Å². The number of hydrogen-bond donors (Lipinski definition) is 2. The quantitative estimate of drug-likeness (QED) is 0.687. The van der Waals surface area contributed by atoms with Gasteiger partial charge in [-0.3, -0.25) is 0 Å². The molecule has 0 radical (unpaired) electrons. The lowest BCUT2D eigenvalue weighted by Crippen LogP contribution is -2.38. The average Bonchev–Trinajstić information content (AvgIpc) is 3.36. The van der Waals surface area contributed by atoms with Gasteiger partial charge in [0.1, 0.15) is 10.8 Å². The Labute approximate surface area is 167 Å². The summed E-state index contributed by atoms with van der Waals surface area (Å²) in [6.45, 7) is 2.05. The molecule has 2 aliphatic rings. The van der Waals surface area contributed by atoms with Crippen LogP contribution in [-0.2, 0) is 6.42 Å². The van der Waals surface area contributed by atoms with Gasteiger partial charge in [-0.25, -0.2) is 4.39 Å². The zero-order valence-corrected chi connectivity index (χ0v) is 16.2. The first kappa shape index (κ1) is 17.5. The van der Waals surface area contributed by atoms with Gasteiger partial charge in [-0.2, -0.15) is 0 Å². The molecule has 0 saturated carbocycles. The second-order valence-corrected chi connectivity index (χ2v) is 8.25. The van der Waals surface area contributed by atoms with E-state index in [9.17, 15) is 4.39 Å². The van der Waals surface area contributed by atoms with E-state index in [1.807, 2.05) is 12.1 Å². The molecule has 1 aromatic heterocycles. The molecule has 4 nitrogen and oxygen atoms in total. The van der Waals surface area contributed by atoms with Crippen molar-refractivity contribution in [1.82, 2.24) is 15.5 Å². The molecule has 2 heterocycles. The standard InChI is InChI=1S/C22H21FN4S/c23-20-6-2-1-5-18(20)17-10-9-14-7-8-15(12-19(14)17)21-26-27-22(28-21)25-16-4-3-11-24-13-16/h1-2,5-8,10,12,16,24H,3-4,9,11,13H2,(H,25,27)/t16-/m1/s1. The van der Waals surface area contributed by atoms with Crippen molar-refractivity contribution in [2.75, 3.05) is 18.4 Å². The van der Waals surface area contributed by atoms with Gasteiger partial charge in [0.25, 0.3) is 0 Å². The predicted molar refractivity (Wildman–Crippen MR) is 112 cm³/mol. The van der Waals surface area contributed by atoms with Gasteiger partial charge in [0.15, 0.2) is 0 Å². The second-order valence-electron chi connectivity index (χ2n) is 7.27. The summed E-state index contributed by atoms with van der Waals surface area (Å²) in [5.74, 6) is -0.185. The minimum Gasteiger partial charge on any atom is -0.356 e. The summed E-state index contributed by atoms with van der Waals surface area (Å²) in [5.41, 5.74) is 4.95. The molecule has 2 N–H and O–H groups in total. The Hall–Kier alpha value is -2.57. The van der Waals surface area contributed by atoms with Crippen LogP contribution in [0, 0.1) is 5.82 Å². The smallest absolute Gasteiger partial charge is 0.206 e. The number of rotatable bonds is 4. The Kier molecular flexibility index (Phi) is 4.66. The topological polar surface area (TPSA) is 49.8 Å². The zero-order valence-electron chi connectivity index (χ0n) is 15.4. The molecule has 1 aliphatic carbocycles. The third-order valence-corrected chi connectivity index (χ3v) is 6.29. The first-order chi connectivity index (χ1) is 13.8. The molecule has 2 aromatic carbocycles. The molecule has 0 bridgehead atoms. The van der Waals surface area contributed by atoms with E-state index in [-0.39, 0.29) is 5.82 Å². The maximum absolute atomic E-state index is 14.3. The van der Waals surface area contributed by atoms with Crippen molar-refractivity contribution < 1.29 is 4.39 Å². The number of nitrogens with one attached hydrogen (secondary N) is 2. The van der Waals surface area contributed by atoms with Gasteiger partial charge < -0.3 is 10.6 Å². The number of anilines is 1. The van der Waals surface area contributed by atoms with Crippen molar-refractivity contribution in [3.05, 3.63) is 71.0 Å². The number of fused-ring (bicyclic) bond motifs is 1. The number of nitrogens with zero attached hydrogens (tertiary/aromatic N) is 2. The SMILES string of the molecule is Fc1ccccc1C1=CCc2ccc(-c3nnc(N[C@@H]4CCCNC4)s3)cc21. The monoisotopic (exact) mass is 392 g/mol. The van der Waals surface area contributed by atoms with Crippen molar-refractivity contribution in [2.24, 2.45) is 0 Å². The maximum atomic E-state index is 14.3. The van der Waals surface area contributed by atoms with Gasteiger partial charge in [0.2, 0.25) is 5.13 Å². The third kappa shape index (κ3) is 3.34. The molecule has 3 aromatic rings. The van der Waals surface area contributed by atoms with Crippen LogP contribution in [0.3, 0.4) is 0 Å². The van der Waals surface area contributed by atoms with Crippen LogP contribution in [0.1, 0.15) is 29.5 Å². The van der Waals surface area contributed by atoms with Crippen molar-refractivity contribution in [1.29, 1.82) is 0 Å². The molecular weight excluding hydrogens is 371 g/mol. The minimum absolute atomic E-state index is 0.185. The number of piperidine rings is 1. The fourth-order valence-electron chi connectivity index (χ4n) is 3.94. The summed E-state index contributed by atoms with van der Waals surface area (Å²) < 4.78 is 14.3. The van der Waals surface area contributed by atoms with Crippen LogP contribution in [0.5, 0.6) is 0 Å². The first-order valence-electron chi connectivity index (χ1n) is 9.67. The Morgan fingerprint density at radius 3 is 2.89 bits per heavy atom.